The summed E-state index contributed by atoms with van der Waals surface area (Å²) in [5, 5.41) is 4.56. The zero-order valence-electron chi connectivity index (χ0n) is 23.6. The second kappa shape index (κ2) is 10.0. The maximum atomic E-state index is 15.0. The van der Waals surface area contributed by atoms with Crippen LogP contribution in [0.2, 0.25) is 0 Å². The number of anilines is 1. The Morgan fingerprint density at radius 1 is 1.15 bits per heavy atom. The third kappa shape index (κ3) is 4.52. The number of fused-ring (bicyclic) bond motifs is 2. The number of hydrogen-bond donors (Lipinski definition) is 1. The van der Waals surface area contributed by atoms with Gasteiger partial charge in [0, 0.05) is 47.3 Å². The van der Waals surface area contributed by atoms with Gasteiger partial charge < -0.3 is 14.2 Å². The molecule has 6 rings (SSSR count). The quantitative estimate of drug-likeness (QED) is 0.335. The van der Waals surface area contributed by atoms with Crippen molar-refractivity contribution >= 4 is 22.7 Å². The molecular weight excluding hydrogens is 527 g/mol. The molecule has 210 valence electrons. The molecule has 2 aliphatic rings. The summed E-state index contributed by atoms with van der Waals surface area (Å²) < 4.78 is 38.5. The summed E-state index contributed by atoms with van der Waals surface area (Å²) in [6.45, 7) is 9.46. The van der Waals surface area contributed by atoms with Crippen LogP contribution in [0.5, 0.6) is 5.75 Å². The lowest BCUT2D eigenvalue weighted by atomic mass is 9.73. The molecule has 2 atom stereocenters. The van der Waals surface area contributed by atoms with E-state index in [4.69, 9.17) is 14.7 Å². The minimum absolute atomic E-state index is 0.0264. The van der Waals surface area contributed by atoms with Crippen LogP contribution in [0.25, 0.3) is 16.8 Å². The summed E-state index contributed by atoms with van der Waals surface area (Å²) in [7, 11) is 1.57. The maximum absolute atomic E-state index is 15.0. The number of pyridine rings is 1. The number of halogens is 1. The molecule has 1 aliphatic carbocycles. The number of nitrogens with zero attached hydrogens (tertiary/aromatic N) is 5. The predicted molar refractivity (Wildman–Crippen MR) is 155 cm³/mol. The summed E-state index contributed by atoms with van der Waals surface area (Å²) in [4.78, 5) is 12.0. The molecule has 1 aliphatic heterocycles. The number of ether oxygens (including phenoxy) is 1. The lowest BCUT2D eigenvalue weighted by Gasteiger charge is -2.44. The van der Waals surface area contributed by atoms with Crippen LogP contribution in [-0.2, 0) is 17.8 Å². The number of aromatic nitrogens is 4. The molecule has 0 radical (unpaired) electrons. The zero-order chi connectivity index (χ0) is 28.2. The topological polar surface area (TPSA) is 90.6 Å². The molecule has 1 fully saturated rings. The molecule has 1 spiro atoms. The number of aryl methyl sites for hydroxylation is 1. The van der Waals surface area contributed by atoms with Gasteiger partial charge in [-0.15, -0.1) is 4.72 Å². The van der Waals surface area contributed by atoms with Crippen LogP contribution in [0.15, 0.2) is 48.8 Å². The minimum Gasteiger partial charge on any atom is -0.598 e. The van der Waals surface area contributed by atoms with Crippen molar-refractivity contribution in [3.8, 4) is 17.0 Å². The van der Waals surface area contributed by atoms with Gasteiger partial charge in [-0.05, 0) is 82.9 Å². The average molecular weight is 563 g/mol. The van der Waals surface area contributed by atoms with Gasteiger partial charge >= 0.3 is 0 Å². The van der Waals surface area contributed by atoms with Crippen molar-refractivity contribution in [3.63, 3.8) is 0 Å². The van der Waals surface area contributed by atoms with E-state index < -0.39 is 11.4 Å². The highest BCUT2D eigenvalue weighted by molar-refractivity contribution is 7.90. The summed E-state index contributed by atoms with van der Waals surface area (Å²) in [6, 6.07) is 10.7. The van der Waals surface area contributed by atoms with Crippen molar-refractivity contribution in [3.05, 3.63) is 71.6 Å². The summed E-state index contributed by atoms with van der Waals surface area (Å²) >= 11 is -1.20. The van der Waals surface area contributed by atoms with Gasteiger partial charge in [0.15, 0.2) is 5.82 Å². The van der Waals surface area contributed by atoms with Crippen LogP contribution in [0.3, 0.4) is 0 Å². The second-order valence-corrected chi connectivity index (χ2v) is 13.8. The van der Waals surface area contributed by atoms with E-state index in [9.17, 15) is 8.94 Å². The monoisotopic (exact) mass is 562 g/mol. The Hall–Kier alpha value is -3.21. The lowest BCUT2D eigenvalue weighted by molar-refractivity contribution is 0.175. The van der Waals surface area contributed by atoms with Gasteiger partial charge in [-0.2, -0.15) is 5.10 Å². The van der Waals surface area contributed by atoms with Crippen molar-refractivity contribution in [1.29, 1.82) is 0 Å². The largest absolute Gasteiger partial charge is 0.598 e. The zero-order valence-corrected chi connectivity index (χ0v) is 24.4. The van der Waals surface area contributed by atoms with Gasteiger partial charge in [0.2, 0.25) is 0 Å². The number of nitrogens with one attached hydrogen (secondary N) is 1. The van der Waals surface area contributed by atoms with Crippen molar-refractivity contribution in [2.75, 3.05) is 25.1 Å². The third-order valence-corrected chi connectivity index (χ3v) is 9.90. The smallest absolute Gasteiger partial charge is 0.155 e. The van der Waals surface area contributed by atoms with Crippen LogP contribution in [0.1, 0.15) is 56.6 Å². The lowest BCUT2D eigenvalue weighted by Crippen LogP contribution is -2.50. The van der Waals surface area contributed by atoms with E-state index in [0.717, 1.165) is 54.9 Å². The normalized spacial score (nSPS) is 19.3. The maximum Gasteiger partial charge on any atom is 0.155 e. The van der Waals surface area contributed by atoms with Crippen LogP contribution in [0, 0.1) is 18.2 Å². The first kappa shape index (κ1) is 27.0. The Balaban J connectivity index is 1.32. The number of rotatable bonds is 5. The van der Waals surface area contributed by atoms with E-state index in [1.54, 1.807) is 30.0 Å². The molecule has 0 bridgehead atoms. The van der Waals surface area contributed by atoms with Crippen molar-refractivity contribution < 1.29 is 13.7 Å². The van der Waals surface area contributed by atoms with Gasteiger partial charge in [0.05, 0.1) is 30.7 Å². The number of hydrogen-bond acceptors (Lipinski definition) is 7. The fourth-order valence-corrected chi connectivity index (χ4v) is 7.10. The van der Waals surface area contributed by atoms with Gasteiger partial charge in [-0.3, -0.25) is 4.98 Å². The van der Waals surface area contributed by atoms with E-state index in [0.29, 0.717) is 22.7 Å². The number of benzene rings is 1. The molecule has 4 aromatic rings. The highest BCUT2D eigenvalue weighted by atomic mass is 32.2. The number of methoxy groups -OCH3 is 1. The molecule has 1 saturated heterocycles. The fraction of sp³-hybridized carbons (Fsp3) is 0.433. The van der Waals surface area contributed by atoms with E-state index in [-0.39, 0.29) is 22.0 Å². The predicted octanol–water partition coefficient (Wildman–Crippen LogP) is 5.18. The molecule has 1 aromatic carbocycles. The first-order valence-corrected chi connectivity index (χ1v) is 14.8. The molecule has 10 heteroatoms. The van der Waals surface area contributed by atoms with Gasteiger partial charge in [-0.25, -0.2) is 13.9 Å². The standard InChI is InChI=1S/C30H35FN6O2S/c1-19-26(22-17-20(39-5)8-9-23(22)31)37-25(10-14-33-37)28(34-19)36-15-11-30(12-16-36)18-24-21(7-6-13-32-24)27(30)35-40(38)29(2,3)4/h6-10,13-14,17,27,35H,11-12,15-16,18H2,1-5H3/t27-,40-/m1/s1. The fourth-order valence-electron chi connectivity index (χ4n) is 6.16. The first-order chi connectivity index (χ1) is 19.1. The van der Waals surface area contributed by atoms with Crippen LogP contribution >= 0.6 is 0 Å². The van der Waals surface area contributed by atoms with Crippen LogP contribution < -0.4 is 14.4 Å². The molecule has 1 N–H and O–H groups in total. The molecular formula is C30H35FN6O2S. The Morgan fingerprint density at radius 3 is 2.65 bits per heavy atom. The van der Waals surface area contributed by atoms with E-state index in [1.807, 2.05) is 46.0 Å². The molecule has 8 nitrogen and oxygen atoms in total. The summed E-state index contributed by atoms with van der Waals surface area (Å²) in [5.41, 5.74) is 4.71. The van der Waals surface area contributed by atoms with E-state index >= 15 is 0 Å². The minimum atomic E-state index is -1.20. The van der Waals surface area contributed by atoms with Crippen LogP contribution in [0.4, 0.5) is 10.2 Å². The van der Waals surface area contributed by atoms with Crippen molar-refractivity contribution in [2.45, 2.75) is 57.7 Å². The molecule has 0 saturated carbocycles. The first-order valence-electron chi connectivity index (χ1n) is 13.7. The Labute approximate surface area is 237 Å². The van der Waals surface area contributed by atoms with E-state index in [1.165, 1.54) is 6.07 Å². The molecule has 4 heterocycles. The second-order valence-electron chi connectivity index (χ2n) is 11.8. The Bertz CT molecular complexity index is 1560. The average Bonchev–Trinajstić information content (AvgIpc) is 3.52. The van der Waals surface area contributed by atoms with Gasteiger partial charge in [0.25, 0.3) is 0 Å². The van der Waals surface area contributed by atoms with Gasteiger partial charge in [0.1, 0.15) is 21.8 Å². The molecule has 0 unspecified atom stereocenters. The Morgan fingerprint density at radius 2 is 1.93 bits per heavy atom. The van der Waals surface area contributed by atoms with Crippen LogP contribution in [-0.4, -0.2) is 49.1 Å². The summed E-state index contributed by atoms with van der Waals surface area (Å²) in [6.07, 6.45) is 6.23. The Kier molecular flexibility index (Phi) is 6.75. The van der Waals surface area contributed by atoms with Gasteiger partial charge in [-0.1, -0.05) is 6.07 Å². The van der Waals surface area contributed by atoms with Crippen molar-refractivity contribution in [1.82, 2.24) is 24.3 Å². The highest BCUT2D eigenvalue weighted by Crippen LogP contribution is 2.52. The van der Waals surface area contributed by atoms with Crippen molar-refractivity contribution in [2.24, 2.45) is 5.41 Å². The molecule has 3 aromatic heterocycles. The van der Waals surface area contributed by atoms with E-state index in [2.05, 4.69) is 20.8 Å². The highest BCUT2D eigenvalue weighted by Gasteiger charge is 2.51. The molecule has 0 amide bonds. The molecule has 40 heavy (non-hydrogen) atoms. The SMILES string of the molecule is COc1ccc(F)c(-c2c(C)nc(N3CCC4(CC3)Cc3ncccc3[C@H]4N[S@+]([O-])C(C)(C)C)c3ccnn23)c1. The number of piperidine rings is 1. The third-order valence-electron chi connectivity index (χ3n) is 8.34. The summed E-state index contributed by atoms with van der Waals surface area (Å²) in [5.74, 6) is 1.06.